The number of nitro benzene ring substituents is 1. The summed E-state index contributed by atoms with van der Waals surface area (Å²) in [5, 5.41) is 13.8. The lowest BCUT2D eigenvalue weighted by Crippen LogP contribution is -2.15. The largest absolute Gasteiger partial charge is 0.309 e. The summed E-state index contributed by atoms with van der Waals surface area (Å²) >= 11 is 3.15. The second-order valence-electron chi connectivity index (χ2n) is 3.60. The molecule has 0 bridgehead atoms. The molecule has 0 radical (unpaired) electrons. The molecule has 0 aliphatic rings. The molecular formula is C11H13BrN2O2. The first-order valence-electron chi connectivity index (χ1n) is 4.78. The third kappa shape index (κ3) is 3.75. The maximum atomic E-state index is 10.7. The van der Waals surface area contributed by atoms with Crippen molar-refractivity contribution in [3.63, 3.8) is 0 Å². The van der Waals surface area contributed by atoms with E-state index in [0.717, 1.165) is 11.1 Å². The van der Waals surface area contributed by atoms with Crippen LogP contribution in [0.1, 0.15) is 12.5 Å². The van der Waals surface area contributed by atoms with Crippen LogP contribution in [0.3, 0.4) is 0 Å². The van der Waals surface area contributed by atoms with E-state index in [-0.39, 0.29) is 5.69 Å². The molecule has 1 aromatic carbocycles. The molecule has 0 unspecified atom stereocenters. The van der Waals surface area contributed by atoms with Crippen LogP contribution < -0.4 is 5.32 Å². The number of benzene rings is 1. The van der Waals surface area contributed by atoms with Gasteiger partial charge in [-0.2, -0.15) is 0 Å². The normalized spacial score (nSPS) is 10.1. The van der Waals surface area contributed by atoms with Crippen LogP contribution in [0, 0.1) is 10.1 Å². The Bertz CT molecular complexity index is 418. The molecule has 1 aromatic rings. The molecule has 86 valence electrons. The number of nitro groups is 1. The van der Waals surface area contributed by atoms with Gasteiger partial charge in [-0.15, -0.1) is 0 Å². The van der Waals surface area contributed by atoms with Gasteiger partial charge in [0.25, 0.3) is 5.69 Å². The molecule has 1 N–H and O–H groups in total. The van der Waals surface area contributed by atoms with Crippen LogP contribution in [0.15, 0.2) is 34.8 Å². The van der Waals surface area contributed by atoms with E-state index in [1.54, 1.807) is 12.1 Å². The van der Waals surface area contributed by atoms with Crippen molar-refractivity contribution in [3.05, 3.63) is 50.5 Å². The molecule has 0 amide bonds. The van der Waals surface area contributed by atoms with Crippen molar-refractivity contribution >= 4 is 21.6 Å². The zero-order valence-electron chi connectivity index (χ0n) is 9.00. The molecule has 0 aromatic heterocycles. The summed E-state index contributed by atoms with van der Waals surface area (Å²) in [5.41, 5.74) is 2.01. The molecule has 16 heavy (non-hydrogen) atoms. The molecule has 0 heterocycles. The Morgan fingerprint density at radius 2 is 2.31 bits per heavy atom. The average Bonchev–Trinajstić information content (AvgIpc) is 2.19. The number of hydrogen-bond acceptors (Lipinski definition) is 3. The average molecular weight is 285 g/mol. The van der Waals surface area contributed by atoms with Crippen molar-refractivity contribution in [2.24, 2.45) is 0 Å². The standard InChI is InChI=1S/C11H13BrN2O2/c1-8(2)6-13-7-9-3-4-10(12)11(5-9)14(15)16/h3-5,13H,1,6-7H2,2H3. The predicted molar refractivity (Wildman–Crippen MR) is 67.3 cm³/mol. The number of nitrogens with zero attached hydrogens (tertiary/aromatic N) is 1. The Morgan fingerprint density at radius 1 is 1.62 bits per heavy atom. The molecule has 0 spiro atoms. The summed E-state index contributed by atoms with van der Waals surface area (Å²) in [7, 11) is 0. The van der Waals surface area contributed by atoms with Crippen LogP contribution in [0.2, 0.25) is 0 Å². The molecule has 4 nitrogen and oxygen atoms in total. The van der Waals surface area contributed by atoms with E-state index in [4.69, 9.17) is 0 Å². The first-order chi connectivity index (χ1) is 7.50. The van der Waals surface area contributed by atoms with E-state index in [2.05, 4.69) is 27.8 Å². The van der Waals surface area contributed by atoms with Crippen molar-refractivity contribution in [2.75, 3.05) is 6.54 Å². The van der Waals surface area contributed by atoms with Crippen LogP contribution in [0.5, 0.6) is 0 Å². The highest BCUT2D eigenvalue weighted by Gasteiger charge is 2.11. The summed E-state index contributed by atoms with van der Waals surface area (Å²) < 4.78 is 0.501. The molecule has 0 saturated carbocycles. The van der Waals surface area contributed by atoms with Gasteiger partial charge in [0.15, 0.2) is 0 Å². The Labute approximate surface area is 103 Å². The third-order valence-corrected chi connectivity index (χ3v) is 2.63. The maximum Gasteiger partial charge on any atom is 0.283 e. The van der Waals surface area contributed by atoms with Crippen LogP contribution >= 0.6 is 15.9 Å². The third-order valence-electron chi connectivity index (χ3n) is 1.96. The van der Waals surface area contributed by atoms with Gasteiger partial charge in [0.1, 0.15) is 0 Å². The maximum absolute atomic E-state index is 10.7. The summed E-state index contributed by atoms with van der Waals surface area (Å²) in [4.78, 5) is 10.3. The van der Waals surface area contributed by atoms with Crippen molar-refractivity contribution in [1.82, 2.24) is 5.32 Å². The second-order valence-corrected chi connectivity index (χ2v) is 4.46. The fourth-order valence-corrected chi connectivity index (χ4v) is 1.62. The fraction of sp³-hybridized carbons (Fsp3) is 0.273. The first kappa shape index (κ1) is 12.9. The Kier molecular flexibility index (Phi) is 4.64. The zero-order chi connectivity index (χ0) is 12.1. The quantitative estimate of drug-likeness (QED) is 0.514. The van der Waals surface area contributed by atoms with Gasteiger partial charge in [0, 0.05) is 19.2 Å². The summed E-state index contributed by atoms with van der Waals surface area (Å²) in [6, 6.07) is 5.11. The van der Waals surface area contributed by atoms with Gasteiger partial charge in [-0.3, -0.25) is 10.1 Å². The first-order valence-corrected chi connectivity index (χ1v) is 5.58. The highest BCUT2D eigenvalue weighted by Crippen LogP contribution is 2.25. The molecular weight excluding hydrogens is 272 g/mol. The fourth-order valence-electron chi connectivity index (χ4n) is 1.23. The van der Waals surface area contributed by atoms with Gasteiger partial charge in [-0.1, -0.05) is 18.2 Å². The van der Waals surface area contributed by atoms with Gasteiger partial charge in [-0.05, 0) is 34.5 Å². The molecule has 0 aliphatic heterocycles. The Hall–Kier alpha value is -1.20. The van der Waals surface area contributed by atoms with Crippen LogP contribution in [-0.2, 0) is 6.54 Å². The second kappa shape index (κ2) is 5.77. The molecule has 0 aliphatic carbocycles. The van der Waals surface area contributed by atoms with Crippen molar-refractivity contribution in [2.45, 2.75) is 13.5 Å². The number of halogens is 1. The highest BCUT2D eigenvalue weighted by molar-refractivity contribution is 9.10. The highest BCUT2D eigenvalue weighted by atomic mass is 79.9. The smallest absolute Gasteiger partial charge is 0.283 e. The minimum atomic E-state index is -0.396. The molecule has 0 fully saturated rings. The van der Waals surface area contributed by atoms with Crippen molar-refractivity contribution in [1.29, 1.82) is 0 Å². The molecule has 0 saturated heterocycles. The van der Waals surface area contributed by atoms with E-state index >= 15 is 0 Å². The van der Waals surface area contributed by atoms with Crippen LogP contribution in [0.4, 0.5) is 5.69 Å². The topological polar surface area (TPSA) is 55.2 Å². The van der Waals surface area contributed by atoms with Crippen LogP contribution in [0.25, 0.3) is 0 Å². The van der Waals surface area contributed by atoms with Crippen LogP contribution in [-0.4, -0.2) is 11.5 Å². The number of nitrogens with one attached hydrogen (secondary N) is 1. The summed E-state index contributed by atoms with van der Waals surface area (Å²) in [6.45, 7) is 7.01. The molecule has 1 rings (SSSR count). The van der Waals surface area contributed by atoms with Crippen molar-refractivity contribution < 1.29 is 4.92 Å². The number of hydrogen-bond donors (Lipinski definition) is 1. The lowest BCUT2D eigenvalue weighted by molar-refractivity contribution is -0.385. The minimum absolute atomic E-state index is 0.0922. The predicted octanol–water partition coefficient (Wildman–Crippen LogP) is 3.02. The van der Waals surface area contributed by atoms with E-state index < -0.39 is 4.92 Å². The minimum Gasteiger partial charge on any atom is -0.309 e. The lowest BCUT2D eigenvalue weighted by Gasteiger charge is -2.05. The Balaban J connectivity index is 2.71. The Morgan fingerprint density at radius 3 is 2.88 bits per heavy atom. The lowest BCUT2D eigenvalue weighted by atomic mass is 10.2. The van der Waals surface area contributed by atoms with E-state index in [1.807, 2.05) is 13.0 Å². The van der Waals surface area contributed by atoms with E-state index in [1.165, 1.54) is 0 Å². The van der Waals surface area contributed by atoms with Gasteiger partial charge < -0.3 is 5.32 Å². The van der Waals surface area contributed by atoms with Crippen molar-refractivity contribution in [3.8, 4) is 0 Å². The molecule has 5 heteroatoms. The zero-order valence-corrected chi connectivity index (χ0v) is 10.6. The van der Waals surface area contributed by atoms with Gasteiger partial charge in [0.2, 0.25) is 0 Å². The number of rotatable bonds is 5. The van der Waals surface area contributed by atoms with Gasteiger partial charge in [-0.25, -0.2) is 0 Å². The summed E-state index contributed by atoms with van der Waals surface area (Å²) in [5.74, 6) is 0. The van der Waals surface area contributed by atoms with E-state index in [9.17, 15) is 10.1 Å². The monoisotopic (exact) mass is 284 g/mol. The molecule has 0 atom stereocenters. The summed E-state index contributed by atoms with van der Waals surface area (Å²) in [6.07, 6.45) is 0. The van der Waals surface area contributed by atoms with Gasteiger partial charge >= 0.3 is 0 Å². The van der Waals surface area contributed by atoms with E-state index in [0.29, 0.717) is 17.6 Å². The van der Waals surface area contributed by atoms with Gasteiger partial charge in [0.05, 0.1) is 9.40 Å². The SMILES string of the molecule is C=C(C)CNCc1ccc(Br)c([N+](=O)[O-])c1.